The lowest BCUT2D eigenvalue weighted by atomic mass is 9.99. The highest BCUT2D eigenvalue weighted by Crippen LogP contribution is 2.35. The molecule has 1 saturated heterocycles. The molecule has 144 valence electrons. The van der Waals surface area contributed by atoms with E-state index in [1.54, 1.807) is 12.1 Å². The summed E-state index contributed by atoms with van der Waals surface area (Å²) in [5, 5.41) is 10.3. The lowest BCUT2D eigenvalue weighted by molar-refractivity contribution is -0.974. The van der Waals surface area contributed by atoms with Crippen molar-refractivity contribution < 1.29 is 23.9 Å². The van der Waals surface area contributed by atoms with E-state index in [0.717, 1.165) is 34.2 Å². The van der Waals surface area contributed by atoms with Crippen molar-refractivity contribution in [1.29, 1.82) is 0 Å². The van der Waals surface area contributed by atoms with Gasteiger partial charge in [0.15, 0.2) is 0 Å². The minimum Gasteiger partial charge on any atom is -0.507 e. The summed E-state index contributed by atoms with van der Waals surface area (Å²) in [5.74, 6) is -0.573. The molecule has 1 N–H and O–H groups in total. The van der Waals surface area contributed by atoms with E-state index < -0.39 is 5.97 Å². The van der Waals surface area contributed by atoms with Gasteiger partial charge in [0, 0.05) is 15.6 Å². The molecule has 0 saturated carbocycles. The number of rotatable bonds is 5. The van der Waals surface area contributed by atoms with E-state index in [0.29, 0.717) is 13.2 Å². The summed E-state index contributed by atoms with van der Waals surface area (Å²) >= 11 is 3.56. The third kappa shape index (κ3) is 4.34. The van der Waals surface area contributed by atoms with E-state index in [1.807, 2.05) is 12.1 Å². The van der Waals surface area contributed by atoms with Gasteiger partial charge in [0.2, 0.25) is 0 Å². The summed E-state index contributed by atoms with van der Waals surface area (Å²) in [6.45, 7) is 6.27. The molecular formula is C21H25BrNO4+. The second-order valence-corrected chi connectivity index (χ2v) is 7.93. The molecule has 0 amide bonds. The summed E-state index contributed by atoms with van der Waals surface area (Å²) in [5.41, 5.74) is 2.44. The van der Waals surface area contributed by atoms with Gasteiger partial charge in [-0.15, -0.1) is 0 Å². The van der Waals surface area contributed by atoms with Gasteiger partial charge in [-0.2, -0.15) is 0 Å². The van der Waals surface area contributed by atoms with Gasteiger partial charge in [-0.25, -0.2) is 4.79 Å². The number of carbonyl (C=O) groups is 1. The third-order valence-electron chi connectivity index (χ3n) is 5.48. The number of esters is 1. The molecule has 0 bridgehead atoms. The zero-order chi connectivity index (χ0) is 19.4. The van der Waals surface area contributed by atoms with E-state index in [9.17, 15) is 9.90 Å². The van der Waals surface area contributed by atoms with Gasteiger partial charge in [-0.05, 0) is 31.2 Å². The molecule has 2 aromatic carbocycles. The van der Waals surface area contributed by atoms with Gasteiger partial charge in [0.05, 0.1) is 20.3 Å². The highest BCUT2D eigenvalue weighted by Gasteiger charge is 2.37. The van der Waals surface area contributed by atoms with Crippen LogP contribution in [0.4, 0.5) is 0 Å². The minimum atomic E-state index is -0.531. The van der Waals surface area contributed by atoms with E-state index >= 15 is 0 Å². The molecule has 27 heavy (non-hydrogen) atoms. The van der Waals surface area contributed by atoms with Crippen molar-refractivity contribution in [2.45, 2.75) is 19.5 Å². The summed E-state index contributed by atoms with van der Waals surface area (Å²) in [7, 11) is 1.31. The molecule has 3 rings (SSSR count). The number of morpholine rings is 1. The summed E-state index contributed by atoms with van der Waals surface area (Å²) in [4.78, 5) is 11.7. The zero-order valence-electron chi connectivity index (χ0n) is 15.7. The van der Waals surface area contributed by atoms with E-state index in [2.05, 4.69) is 41.1 Å². The largest absolute Gasteiger partial charge is 0.507 e. The molecule has 1 aliphatic heterocycles. The molecule has 1 fully saturated rings. The Morgan fingerprint density at radius 3 is 2.63 bits per heavy atom. The van der Waals surface area contributed by atoms with Crippen molar-refractivity contribution in [1.82, 2.24) is 0 Å². The predicted octanol–water partition coefficient (Wildman–Crippen LogP) is 4.05. The Kier molecular flexibility index (Phi) is 6.19. The van der Waals surface area contributed by atoms with Crippen LogP contribution in [-0.4, -0.2) is 49.0 Å². The van der Waals surface area contributed by atoms with E-state index in [4.69, 9.17) is 9.47 Å². The first-order valence-electron chi connectivity index (χ1n) is 9.04. The Morgan fingerprint density at radius 1 is 1.26 bits per heavy atom. The Bertz CT molecular complexity index is 818. The minimum absolute atomic E-state index is 0.0416. The quantitative estimate of drug-likeness (QED) is 0.569. The van der Waals surface area contributed by atoms with Crippen molar-refractivity contribution in [2.75, 3.05) is 33.4 Å². The second kappa shape index (κ2) is 8.42. The van der Waals surface area contributed by atoms with Crippen LogP contribution >= 0.6 is 15.9 Å². The summed E-state index contributed by atoms with van der Waals surface area (Å²) in [6.07, 6.45) is 0. The van der Waals surface area contributed by atoms with Gasteiger partial charge in [0.1, 0.15) is 37.0 Å². The number of nitrogens with zero attached hydrogens (tertiary/aromatic N) is 1. The third-order valence-corrected chi connectivity index (χ3v) is 5.97. The number of hydrogen-bond donors (Lipinski definition) is 1. The van der Waals surface area contributed by atoms with E-state index in [1.165, 1.54) is 12.7 Å². The Labute approximate surface area is 168 Å². The maximum absolute atomic E-state index is 11.7. The standard InChI is InChI=1S/C21H24BrNO4/c1-15(17-6-7-19(20(24)13-17)21(25)26-2)23(8-10-27-11-9-23)14-16-4-3-5-18(22)12-16/h3-7,12-13,15H,8-11,14H2,1-2H3/p+1. The molecule has 1 aliphatic rings. The van der Waals surface area contributed by atoms with Crippen LogP contribution in [0.15, 0.2) is 46.9 Å². The van der Waals surface area contributed by atoms with Crippen molar-refractivity contribution in [3.8, 4) is 5.75 Å². The molecule has 0 radical (unpaired) electrons. The van der Waals surface area contributed by atoms with Crippen molar-refractivity contribution >= 4 is 21.9 Å². The fourth-order valence-corrected chi connectivity index (χ4v) is 4.24. The van der Waals surface area contributed by atoms with Crippen molar-refractivity contribution in [2.24, 2.45) is 0 Å². The Balaban J connectivity index is 1.92. The predicted molar refractivity (Wildman–Crippen MR) is 107 cm³/mol. The molecule has 1 unspecified atom stereocenters. The summed E-state index contributed by atoms with van der Waals surface area (Å²) < 4.78 is 12.3. The first-order chi connectivity index (χ1) is 12.9. The van der Waals surface area contributed by atoms with Crippen LogP contribution in [0.5, 0.6) is 5.75 Å². The number of halogens is 1. The van der Waals surface area contributed by atoms with Crippen LogP contribution < -0.4 is 0 Å². The smallest absolute Gasteiger partial charge is 0.341 e. The van der Waals surface area contributed by atoms with E-state index in [-0.39, 0.29) is 17.4 Å². The SMILES string of the molecule is COC(=O)c1ccc(C(C)[N+]2(Cc3cccc(Br)c3)CCOCC2)cc1O. The van der Waals surface area contributed by atoms with Crippen LogP contribution in [0.25, 0.3) is 0 Å². The Morgan fingerprint density at radius 2 is 2.00 bits per heavy atom. The molecule has 1 heterocycles. The number of methoxy groups -OCH3 is 1. The molecule has 5 nitrogen and oxygen atoms in total. The molecule has 6 heteroatoms. The molecule has 2 aromatic rings. The average molecular weight is 435 g/mol. The number of phenolic OH excluding ortho intramolecular Hbond substituents is 1. The number of aromatic hydroxyl groups is 1. The van der Waals surface area contributed by atoms with Gasteiger partial charge in [-0.3, -0.25) is 0 Å². The molecule has 0 aliphatic carbocycles. The van der Waals surface area contributed by atoms with Gasteiger partial charge >= 0.3 is 5.97 Å². The Hall–Kier alpha value is -1.89. The van der Waals surface area contributed by atoms with Crippen LogP contribution in [0, 0.1) is 0 Å². The number of phenols is 1. The number of carbonyl (C=O) groups excluding carboxylic acids is 1. The number of benzene rings is 2. The van der Waals surface area contributed by atoms with Crippen LogP contribution in [0.1, 0.15) is 34.5 Å². The molecular weight excluding hydrogens is 410 g/mol. The monoisotopic (exact) mass is 434 g/mol. The lowest BCUT2D eigenvalue weighted by Crippen LogP contribution is -2.55. The van der Waals surface area contributed by atoms with Crippen LogP contribution in [0.2, 0.25) is 0 Å². The lowest BCUT2D eigenvalue weighted by Gasteiger charge is -2.46. The number of hydrogen-bond acceptors (Lipinski definition) is 4. The molecule has 0 aromatic heterocycles. The van der Waals surface area contributed by atoms with Crippen LogP contribution in [-0.2, 0) is 16.0 Å². The summed E-state index contributed by atoms with van der Waals surface area (Å²) in [6, 6.07) is 13.8. The topological polar surface area (TPSA) is 55.8 Å². The first kappa shape index (κ1) is 19.9. The zero-order valence-corrected chi connectivity index (χ0v) is 17.2. The molecule has 1 atom stereocenters. The highest BCUT2D eigenvalue weighted by atomic mass is 79.9. The maximum atomic E-state index is 11.7. The van der Waals surface area contributed by atoms with Crippen molar-refractivity contribution in [3.63, 3.8) is 0 Å². The number of ether oxygens (including phenoxy) is 2. The second-order valence-electron chi connectivity index (χ2n) is 7.01. The first-order valence-corrected chi connectivity index (χ1v) is 9.84. The maximum Gasteiger partial charge on any atom is 0.341 e. The normalized spacial score (nSPS) is 17.3. The molecule has 0 spiro atoms. The van der Waals surface area contributed by atoms with Gasteiger partial charge in [0.25, 0.3) is 0 Å². The average Bonchev–Trinajstić information content (AvgIpc) is 2.67. The van der Waals surface area contributed by atoms with Gasteiger partial charge in [-0.1, -0.05) is 34.1 Å². The van der Waals surface area contributed by atoms with Crippen LogP contribution in [0.3, 0.4) is 0 Å². The fourth-order valence-electron chi connectivity index (χ4n) is 3.80. The number of quaternary nitrogens is 1. The van der Waals surface area contributed by atoms with Crippen molar-refractivity contribution in [3.05, 3.63) is 63.6 Å². The fraction of sp³-hybridized carbons (Fsp3) is 0.381. The van der Waals surface area contributed by atoms with Gasteiger partial charge < -0.3 is 19.1 Å². The highest BCUT2D eigenvalue weighted by molar-refractivity contribution is 9.10.